The highest BCUT2D eigenvalue weighted by atomic mass is 79.9. The molecule has 0 saturated carbocycles. The minimum absolute atomic E-state index is 0.658. The Morgan fingerprint density at radius 1 is 1.47 bits per heavy atom. The smallest absolute Gasteiger partial charge is 0.260 e. The van der Waals surface area contributed by atoms with Crippen LogP contribution in [0.25, 0.3) is 0 Å². The third-order valence-electron chi connectivity index (χ3n) is 2.18. The molecule has 0 aliphatic heterocycles. The first-order chi connectivity index (χ1) is 8.29. The molecule has 0 unspecified atom stereocenters. The van der Waals surface area contributed by atoms with E-state index in [0.717, 1.165) is 22.5 Å². The molecule has 0 amide bonds. The number of hydrogen-bond acceptors (Lipinski definition) is 4. The van der Waals surface area contributed by atoms with Crippen molar-refractivity contribution in [2.75, 3.05) is 6.54 Å². The number of halogens is 1. The van der Waals surface area contributed by atoms with Gasteiger partial charge in [-0.05, 0) is 51.9 Å². The summed E-state index contributed by atoms with van der Waals surface area (Å²) in [4.78, 5) is 5.19. The summed E-state index contributed by atoms with van der Waals surface area (Å²) in [6.07, 6.45) is 3.23. The average Bonchev–Trinajstić information content (AvgIpc) is 2.82. The van der Waals surface area contributed by atoms with Gasteiger partial charge in [0, 0.05) is 15.9 Å². The summed E-state index contributed by atoms with van der Waals surface area (Å²) in [5.74, 6) is 0. The fourth-order valence-corrected chi connectivity index (χ4v) is 2.73. The molecule has 0 fully saturated rings. The lowest BCUT2D eigenvalue weighted by Crippen LogP contribution is -2.11. The molecule has 1 aromatic carbocycles. The second-order valence-electron chi connectivity index (χ2n) is 3.45. The maximum Gasteiger partial charge on any atom is 0.260 e. The summed E-state index contributed by atoms with van der Waals surface area (Å²) in [6.45, 7) is 3.96. The summed E-state index contributed by atoms with van der Waals surface area (Å²) < 4.78 is 6.27. The predicted octanol–water partition coefficient (Wildman–Crippen LogP) is 3.70. The van der Waals surface area contributed by atoms with Crippen LogP contribution in [0.4, 0.5) is 0 Å². The zero-order chi connectivity index (χ0) is 12.1. The minimum atomic E-state index is 0.658. The number of hydrogen-bond donors (Lipinski definition) is 1. The van der Waals surface area contributed by atoms with Crippen molar-refractivity contribution in [2.24, 2.45) is 0 Å². The van der Waals surface area contributed by atoms with Crippen molar-refractivity contribution < 1.29 is 4.42 Å². The van der Waals surface area contributed by atoms with Crippen LogP contribution in [0, 0.1) is 0 Å². The highest BCUT2D eigenvalue weighted by molar-refractivity contribution is 9.10. The van der Waals surface area contributed by atoms with Crippen LogP contribution in [0.1, 0.15) is 12.5 Å². The van der Waals surface area contributed by atoms with Gasteiger partial charge in [-0.1, -0.05) is 13.0 Å². The number of benzene rings is 1. The first-order valence-electron chi connectivity index (χ1n) is 5.36. The lowest BCUT2D eigenvalue weighted by atomic mass is 10.2. The van der Waals surface area contributed by atoms with Crippen molar-refractivity contribution in [3.63, 3.8) is 0 Å². The Bertz CT molecular complexity index is 473. The quantitative estimate of drug-likeness (QED) is 0.913. The van der Waals surface area contributed by atoms with E-state index in [-0.39, 0.29) is 0 Å². The Kier molecular flexibility index (Phi) is 4.65. The fraction of sp³-hybridized carbons (Fsp3) is 0.250. The molecule has 17 heavy (non-hydrogen) atoms. The molecular weight excluding hydrogens is 300 g/mol. The van der Waals surface area contributed by atoms with E-state index in [9.17, 15) is 0 Å². The van der Waals surface area contributed by atoms with Gasteiger partial charge in [-0.2, -0.15) is 0 Å². The lowest BCUT2D eigenvalue weighted by molar-refractivity contribution is 0.454. The van der Waals surface area contributed by atoms with E-state index < -0.39 is 0 Å². The summed E-state index contributed by atoms with van der Waals surface area (Å²) >= 11 is 5.08. The fourth-order valence-electron chi connectivity index (χ4n) is 1.36. The van der Waals surface area contributed by atoms with E-state index in [0.29, 0.717) is 5.22 Å². The molecule has 3 nitrogen and oxygen atoms in total. The molecule has 90 valence electrons. The number of rotatable bonds is 5. The summed E-state index contributed by atoms with van der Waals surface area (Å²) in [6, 6.07) is 6.30. The summed E-state index contributed by atoms with van der Waals surface area (Å²) in [5.41, 5.74) is 1.26. The molecule has 0 aliphatic carbocycles. The SMILES string of the molecule is CCNCc1ccc(Sc2ncco2)c(Br)c1. The number of aromatic nitrogens is 1. The summed E-state index contributed by atoms with van der Waals surface area (Å²) in [5, 5.41) is 3.96. The van der Waals surface area contributed by atoms with Gasteiger partial charge in [-0.15, -0.1) is 0 Å². The van der Waals surface area contributed by atoms with Gasteiger partial charge in [0.2, 0.25) is 0 Å². The third kappa shape index (κ3) is 3.59. The normalized spacial score (nSPS) is 10.7. The Morgan fingerprint density at radius 3 is 3.00 bits per heavy atom. The van der Waals surface area contributed by atoms with Gasteiger partial charge >= 0.3 is 0 Å². The third-order valence-corrected chi connectivity index (χ3v) is 4.05. The molecule has 0 spiro atoms. The Morgan fingerprint density at radius 2 is 2.35 bits per heavy atom. The van der Waals surface area contributed by atoms with Crippen LogP contribution in [0.3, 0.4) is 0 Å². The van der Waals surface area contributed by atoms with E-state index in [1.807, 2.05) is 0 Å². The Labute approximate surface area is 113 Å². The van der Waals surface area contributed by atoms with Crippen molar-refractivity contribution in [3.8, 4) is 0 Å². The highest BCUT2D eigenvalue weighted by Gasteiger charge is 2.06. The van der Waals surface area contributed by atoms with Crippen molar-refractivity contribution in [1.82, 2.24) is 10.3 Å². The molecule has 5 heteroatoms. The van der Waals surface area contributed by atoms with Gasteiger partial charge in [-0.25, -0.2) is 4.98 Å². The highest BCUT2D eigenvalue weighted by Crippen LogP contribution is 2.33. The largest absolute Gasteiger partial charge is 0.440 e. The number of nitrogens with one attached hydrogen (secondary N) is 1. The minimum Gasteiger partial charge on any atom is -0.440 e. The summed E-state index contributed by atoms with van der Waals surface area (Å²) in [7, 11) is 0. The van der Waals surface area contributed by atoms with Crippen LogP contribution < -0.4 is 5.32 Å². The van der Waals surface area contributed by atoms with Gasteiger partial charge in [0.15, 0.2) is 0 Å². The molecule has 2 aromatic rings. The van der Waals surface area contributed by atoms with Crippen LogP contribution in [-0.4, -0.2) is 11.5 Å². The van der Waals surface area contributed by atoms with E-state index in [2.05, 4.69) is 51.4 Å². The first kappa shape index (κ1) is 12.7. The second-order valence-corrected chi connectivity index (χ2v) is 5.29. The molecule has 0 aliphatic rings. The first-order valence-corrected chi connectivity index (χ1v) is 6.97. The van der Waals surface area contributed by atoms with Crippen LogP contribution in [0.15, 0.2) is 49.7 Å². The van der Waals surface area contributed by atoms with Crippen molar-refractivity contribution >= 4 is 27.7 Å². The van der Waals surface area contributed by atoms with Crippen LogP contribution in [0.2, 0.25) is 0 Å². The lowest BCUT2D eigenvalue weighted by Gasteiger charge is -2.06. The van der Waals surface area contributed by atoms with Gasteiger partial charge < -0.3 is 9.73 Å². The zero-order valence-corrected chi connectivity index (χ0v) is 11.8. The van der Waals surface area contributed by atoms with Crippen LogP contribution >= 0.6 is 27.7 Å². The molecule has 2 rings (SSSR count). The standard InChI is InChI=1S/C12H13BrN2OS/c1-2-14-8-9-3-4-11(10(13)7-9)17-12-15-5-6-16-12/h3-7,14H,2,8H2,1H3. The van der Waals surface area contributed by atoms with E-state index >= 15 is 0 Å². The second kappa shape index (κ2) is 6.23. The van der Waals surface area contributed by atoms with E-state index in [1.165, 1.54) is 17.3 Å². The van der Waals surface area contributed by atoms with Gasteiger partial charge in [-0.3, -0.25) is 0 Å². The number of nitrogens with zero attached hydrogens (tertiary/aromatic N) is 1. The van der Waals surface area contributed by atoms with E-state index in [1.54, 1.807) is 12.5 Å². The molecule has 1 aromatic heterocycles. The monoisotopic (exact) mass is 312 g/mol. The van der Waals surface area contributed by atoms with E-state index in [4.69, 9.17) is 4.42 Å². The maximum absolute atomic E-state index is 5.21. The molecule has 1 heterocycles. The maximum atomic E-state index is 5.21. The van der Waals surface area contributed by atoms with Crippen LogP contribution in [-0.2, 0) is 6.54 Å². The molecule has 0 bridgehead atoms. The molecule has 1 N–H and O–H groups in total. The van der Waals surface area contributed by atoms with Gasteiger partial charge in [0.25, 0.3) is 5.22 Å². The number of oxazole rings is 1. The van der Waals surface area contributed by atoms with Gasteiger partial charge in [0.1, 0.15) is 6.26 Å². The van der Waals surface area contributed by atoms with Crippen molar-refractivity contribution in [2.45, 2.75) is 23.6 Å². The van der Waals surface area contributed by atoms with Crippen molar-refractivity contribution in [3.05, 3.63) is 40.7 Å². The zero-order valence-electron chi connectivity index (χ0n) is 9.44. The average molecular weight is 313 g/mol. The van der Waals surface area contributed by atoms with Crippen molar-refractivity contribution in [1.29, 1.82) is 0 Å². The predicted molar refractivity (Wildman–Crippen MR) is 72.1 cm³/mol. The Hall–Kier alpha value is -0.780. The Balaban J connectivity index is 2.09. The molecular formula is C12H13BrN2OS. The van der Waals surface area contributed by atoms with Crippen LogP contribution in [0.5, 0.6) is 0 Å². The molecule has 0 atom stereocenters. The molecule has 0 saturated heterocycles. The van der Waals surface area contributed by atoms with Gasteiger partial charge in [0.05, 0.1) is 6.20 Å². The topological polar surface area (TPSA) is 38.1 Å². The molecule has 0 radical (unpaired) electrons.